The second-order valence-electron chi connectivity index (χ2n) is 7.44. The lowest BCUT2D eigenvalue weighted by atomic mass is 10.1. The number of carbonyl (C=O) groups is 2. The first-order chi connectivity index (χ1) is 14.8. The van der Waals surface area contributed by atoms with Crippen LogP contribution in [0.4, 0.5) is 4.39 Å². The Morgan fingerprint density at radius 1 is 1.19 bits per heavy atom. The first-order valence-corrected chi connectivity index (χ1v) is 10.2. The maximum Gasteiger partial charge on any atom is 0.341 e. The SMILES string of the molecule is COC(=O)c1cc(Cl)ccc1OCC(=O)N1C[C@H](C)N(Cc2ccc(F)cc2)C[C@H]1N. The van der Waals surface area contributed by atoms with E-state index in [2.05, 4.69) is 4.90 Å². The van der Waals surface area contributed by atoms with Crippen LogP contribution in [0.15, 0.2) is 42.5 Å². The first kappa shape index (κ1) is 23.0. The highest BCUT2D eigenvalue weighted by Gasteiger charge is 2.32. The van der Waals surface area contributed by atoms with Crippen LogP contribution in [0.5, 0.6) is 5.75 Å². The molecule has 9 heteroatoms. The number of hydrogen-bond donors (Lipinski definition) is 1. The Kier molecular flexibility index (Phi) is 7.48. The molecule has 2 aromatic rings. The number of methoxy groups -OCH3 is 1. The lowest BCUT2D eigenvalue weighted by molar-refractivity contribution is -0.140. The third-order valence-corrected chi connectivity index (χ3v) is 5.46. The van der Waals surface area contributed by atoms with Crippen LogP contribution in [0, 0.1) is 5.82 Å². The molecule has 0 bridgehead atoms. The summed E-state index contributed by atoms with van der Waals surface area (Å²) in [6.07, 6.45) is -0.516. The van der Waals surface area contributed by atoms with Crippen LogP contribution < -0.4 is 10.5 Å². The number of esters is 1. The fourth-order valence-corrected chi connectivity index (χ4v) is 3.68. The summed E-state index contributed by atoms with van der Waals surface area (Å²) < 4.78 is 23.5. The van der Waals surface area contributed by atoms with Gasteiger partial charge in [-0.25, -0.2) is 9.18 Å². The van der Waals surface area contributed by atoms with Gasteiger partial charge in [0, 0.05) is 30.7 Å². The molecule has 2 N–H and O–H groups in total. The summed E-state index contributed by atoms with van der Waals surface area (Å²) >= 11 is 5.94. The number of nitrogens with two attached hydrogens (primary N) is 1. The molecule has 1 fully saturated rings. The third-order valence-electron chi connectivity index (χ3n) is 5.22. The van der Waals surface area contributed by atoms with Crippen LogP contribution in [-0.2, 0) is 16.1 Å². The molecule has 2 aromatic carbocycles. The second-order valence-corrected chi connectivity index (χ2v) is 7.88. The van der Waals surface area contributed by atoms with Gasteiger partial charge in [0.2, 0.25) is 0 Å². The Labute approximate surface area is 185 Å². The number of rotatable bonds is 6. The Morgan fingerprint density at radius 2 is 1.90 bits per heavy atom. The fraction of sp³-hybridized carbons (Fsp3) is 0.364. The molecule has 2 atom stereocenters. The van der Waals surface area contributed by atoms with Crippen molar-refractivity contribution in [2.45, 2.75) is 25.7 Å². The molecule has 1 aliphatic rings. The van der Waals surface area contributed by atoms with E-state index in [-0.39, 0.29) is 35.7 Å². The molecule has 1 heterocycles. The van der Waals surface area contributed by atoms with Gasteiger partial charge in [-0.2, -0.15) is 0 Å². The first-order valence-electron chi connectivity index (χ1n) is 9.82. The monoisotopic (exact) mass is 449 g/mol. The van der Waals surface area contributed by atoms with Gasteiger partial charge < -0.3 is 20.1 Å². The van der Waals surface area contributed by atoms with Crippen molar-refractivity contribution in [2.75, 3.05) is 26.8 Å². The van der Waals surface area contributed by atoms with E-state index in [1.807, 2.05) is 6.92 Å². The number of hydrogen-bond acceptors (Lipinski definition) is 6. The maximum atomic E-state index is 13.1. The summed E-state index contributed by atoms with van der Waals surface area (Å²) in [6, 6.07) is 10.9. The van der Waals surface area contributed by atoms with E-state index in [9.17, 15) is 14.0 Å². The van der Waals surface area contributed by atoms with Gasteiger partial charge in [-0.3, -0.25) is 9.69 Å². The molecule has 1 aliphatic heterocycles. The predicted octanol–water partition coefficient (Wildman–Crippen LogP) is 2.66. The molecule has 31 heavy (non-hydrogen) atoms. The number of carbonyl (C=O) groups excluding carboxylic acids is 2. The van der Waals surface area contributed by atoms with E-state index in [1.165, 1.54) is 31.4 Å². The van der Waals surface area contributed by atoms with Gasteiger partial charge in [-0.1, -0.05) is 23.7 Å². The minimum atomic E-state index is -0.607. The van der Waals surface area contributed by atoms with Crippen LogP contribution in [0.2, 0.25) is 5.02 Å². The minimum absolute atomic E-state index is 0.0509. The van der Waals surface area contributed by atoms with Crippen molar-refractivity contribution in [3.05, 3.63) is 64.4 Å². The summed E-state index contributed by atoms with van der Waals surface area (Å²) in [4.78, 5) is 28.4. The van der Waals surface area contributed by atoms with Gasteiger partial charge in [0.25, 0.3) is 5.91 Å². The zero-order valence-corrected chi connectivity index (χ0v) is 18.1. The Hall–Kier alpha value is -2.68. The number of halogens is 2. The average Bonchev–Trinajstić information content (AvgIpc) is 2.75. The summed E-state index contributed by atoms with van der Waals surface area (Å²) in [6.45, 7) is 3.24. The van der Waals surface area contributed by atoms with Crippen molar-refractivity contribution in [3.8, 4) is 5.75 Å². The van der Waals surface area contributed by atoms with E-state index >= 15 is 0 Å². The Bertz CT molecular complexity index is 941. The molecule has 0 saturated carbocycles. The normalized spacial score (nSPS) is 19.2. The molecule has 3 rings (SSSR count). The van der Waals surface area contributed by atoms with Crippen LogP contribution in [0.1, 0.15) is 22.8 Å². The van der Waals surface area contributed by atoms with Crippen LogP contribution >= 0.6 is 11.6 Å². The van der Waals surface area contributed by atoms with Gasteiger partial charge >= 0.3 is 5.97 Å². The molecule has 166 valence electrons. The summed E-state index contributed by atoms with van der Waals surface area (Å²) in [5.41, 5.74) is 7.37. The third kappa shape index (κ3) is 5.72. The zero-order valence-electron chi connectivity index (χ0n) is 17.4. The number of ether oxygens (including phenoxy) is 2. The van der Waals surface area contributed by atoms with Crippen LogP contribution in [0.3, 0.4) is 0 Å². The molecule has 0 aromatic heterocycles. The van der Waals surface area contributed by atoms with Crippen molar-refractivity contribution in [3.63, 3.8) is 0 Å². The van der Waals surface area contributed by atoms with Gasteiger partial charge in [-0.15, -0.1) is 0 Å². The number of benzene rings is 2. The molecular weight excluding hydrogens is 425 g/mol. The molecule has 7 nitrogen and oxygen atoms in total. The van der Waals surface area contributed by atoms with Crippen molar-refractivity contribution in [2.24, 2.45) is 5.73 Å². The molecule has 1 amide bonds. The predicted molar refractivity (Wildman–Crippen MR) is 114 cm³/mol. The van der Waals surface area contributed by atoms with Gasteiger partial charge in [0.05, 0.1) is 13.3 Å². The standard InChI is InChI=1S/C22H25ClFN3O4/c1-14-10-27(20(25)12-26(14)11-15-3-6-17(24)7-4-15)21(28)13-31-19-8-5-16(23)9-18(19)22(29)30-2/h3-9,14,20H,10-13,25H2,1-2H3/t14-,20-/m0/s1. The van der Waals surface area contributed by atoms with Crippen molar-refractivity contribution in [1.29, 1.82) is 0 Å². The van der Waals surface area contributed by atoms with Crippen LogP contribution in [0.25, 0.3) is 0 Å². The van der Waals surface area contributed by atoms with E-state index in [4.69, 9.17) is 26.8 Å². The van der Waals surface area contributed by atoms with E-state index in [1.54, 1.807) is 23.1 Å². The van der Waals surface area contributed by atoms with Gasteiger partial charge in [0.1, 0.15) is 17.1 Å². The van der Waals surface area contributed by atoms with Gasteiger partial charge in [0.15, 0.2) is 6.61 Å². The lowest BCUT2D eigenvalue weighted by Crippen LogP contribution is -2.62. The largest absolute Gasteiger partial charge is 0.483 e. The molecule has 1 saturated heterocycles. The molecule has 0 radical (unpaired) electrons. The lowest BCUT2D eigenvalue weighted by Gasteiger charge is -2.43. The van der Waals surface area contributed by atoms with E-state index < -0.39 is 12.1 Å². The van der Waals surface area contributed by atoms with E-state index in [0.29, 0.717) is 24.7 Å². The summed E-state index contributed by atoms with van der Waals surface area (Å²) in [5, 5.41) is 0.354. The van der Waals surface area contributed by atoms with Crippen molar-refractivity contribution >= 4 is 23.5 Å². The average molecular weight is 450 g/mol. The molecular formula is C22H25ClFN3O4. The number of piperazine rings is 1. The summed E-state index contributed by atoms with van der Waals surface area (Å²) in [5.74, 6) is -0.961. The quantitative estimate of drug-likeness (QED) is 0.682. The van der Waals surface area contributed by atoms with Crippen molar-refractivity contribution in [1.82, 2.24) is 9.80 Å². The highest BCUT2D eigenvalue weighted by atomic mass is 35.5. The topological polar surface area (TPSA) is 85.1 Å². The van der Waals surface area contributed by atoms with Crippen LogP contribution in [-0.4, -0.2) is 60.7 Å². The molecule has 0 aliphatic carbocycles. The highest BCUT2D eigenvalue weighted by Crippen LogP contribution is 2.24. The molecule has 0 unspecified atom stereocenters. The number of amides is 1. The fourth-order valence-electron chi connectivity index (χ4n) is 3.51. The van der Waals surface area contributed by atoms with Crippen molar-refractivity contribution < 1.29 is 23.5 Å². The molecule has 0 spiro atoms. The second kappa shape index (κ2) is 10.1. The number of nitrogens with zero attached hydrogens (tertiary/aromatic N) is 2. The van der Waals surface area contributed by atoms with Gasteiger partial charge in [-0.05, 0) is 42.8 Å². The van der Waals surface area contributed by atoms with E-state index in [0.717, 1.165) is 5.56 Å². The maximum absolute atomic E-state index is 13.1. The zero-order chi connectivity index (χ0) is 22.5. The highest BCUT2D eigenvalue weighted by molar-refractivity contribution is 6.31. The Morgan fingerprint density at radius 3 is 2.58 bits per heavy atom. The Balaban J connectivity index is 1.61. The summed E-state index contributed by atoms with van der Waals surface area (Å²) in [7, 11) is 1.25. The minimum Gasteiger partial charge on any atom is -0.483 e. The smallest absolute Gasteiger partial charge is 0.341 e.